The number of rotatable bonds is 2. The number of hydrogen-bond acceptors (Lipinski definition) is 4. The van der Waals surface area contributed by atoms with Crippen molar-refractivity contribution >= 4 is 11.8 Å². The van der Waals surface area contributed by atoms with Gasteiger partial charge in [-0.3, -0.25) is 0 Å². The van der Waals surface area contributed by atoms with Gasteiger partial charge in [0.05, 0.1) is 5.56 Å². The molecule has 2 fully saturated rings. The van der Waals surface area contributed by atoms with Crippen LogP contribution in [0.4, 0.5) is 10.6 Å². The van der Waals surface area contributed by atoms with Crippen LogP contribution in [-0.2, 0) is 0 Å². The van der Waals surface area contributed by atoms with Crippen molar-refractivity contribution in [2.24, 2.45) is 11.7 Å². The standard InChI is InChI=1S/C18H25N5O/c19-13-15-5-4-9-21-17(15)22-11-7-14(8-12-22)16-6-2-1-3-10-23(16)18(20)24/h4-5,9,14,16H,1-3,6-8,10-12H2,(H2,20,24)/t16-/m0/s1. The highest BCUT2D eigenvalue weighted by Gasteiger charge is 2.33. The van der Waals surface area contributed by atoms with Crippen LogP contribution in [0.15, 0.2) is 18.3 Å². The maximum Gasteiger partial charge on any atom is 0.315 e. The molecule has 2 amide bonds. The quantitative estimate of drug-likeness (QED) is 0.904. The van der Waals surface area contributed by atoms with E-state index < -0.39 is 0 Å². The zero-order valence-corrected chi connectivity index (χ0v) is 14.0. The lowest BCUT2D eigenvalue weighted by Crippen LogP contribution is -2.49. The maximum absolute atomic E-state index is 11.8. The molecule has 3 heterocycles. The number of likely N-dealkylation sites (tertiary alicyclic amines) is 1. The fraction of sp³-hybridized carbons (Fsp3) is 0.611. The van der Waals surface area contributed by atoms with E-state index in [9.17, 15) is 10.1 Å². The lowest BCUT2D eigenvalue weighted by atomic mass is 9.86. The first-order valence-electron chi connectivity index (χ1n) is 8.87. The van der Waals surface area contributed by atoms with Gasteiger partial charge in [-0.05, 0) is 43.7 Å². The van der Waals surface area contributed by atoms with E-state index in [0.717, 1.165) is 51.1 Å². The van der Waals surface area contributed by atoms with Crippen LogP contribution >= 0.6 is 0 Å². The predicted molar refractivity (Wildman–Crippen MR) is 92.4 cm³/mol. The zero-order valence-electron chi connectivity index (χ0n) is 14.0. The van der Waals surface area contributed by atoms with Crippen molar-refractivity contribution in [1.29, 1.82) is 5.26 Å². The molecule has 1 aromatic heterocycles. The van der Waals surface area contributed by atoms with E-state index in [1.165, 1.54) is 12.8 Å². The Morgan fingerprint density at radius 3 is 2.71 bits per heavy atom. The number of nitrogens with two attached hydrogens (primary N) is 1. The topological polar surface area (TPSA) is 86.2 Å². The third-order valence-corrected chi connectivity index (χ3v) is 5.37. The first-order chi connectivity index (χ1) is 11.7. The van der Waals surface area contributed by atoms with Gasteiger partial charge in [-0.1, -0.05) is 12.8 Å². The minimum Gasteiger partial charge on any atom is -0.356 e. The minimum atomic E-state index is -0.277. The molecule has 2 aliphatic rings. The van der Waals surface area contributed by atoms with Crippen molar-refractivity contribution in [3.63, 3.8) is 0 Å². The van der Waals surface area contributed by atoms with Gasteiger partial charge in [0.2, 0.25) is 0 Å². The Labute approximate surface area is 143 Å². The van der Waals surface area contributed by atoms with E-state index in [1.807, 2.05) is 11.0 Å². The summed E-state index contributed by atoms with van der Waals surface area (Å²) in [7, 11) is 0. The fourth-order valence-electron chi connectivity index (χ4n) is 4.13. The third-order valence-electron chi connectivity index (χ3n) is 5.37. The molecular formula is C18H25N5O. The summed E-state index contributed by atoms with van der Waals surface area (Å²) < 4.78 is 0. The van der Waals surface area contributed by atoms with E-state index in [4.69, 9.17) is 5.73 Å². The van der Waals surface area contributed by atoms with Gasteiger partial charge in [0.15, 0.2) is 0 Å². The zero-order chi connectivity index (χ0) is 16.9. The Bertz CT molecular complexity index is 618. The van der Waals surface area contributed by atoms with Crippen molar-refractivity contribution in [2.45, 2.75) is 44.6 Å². The van der Waals surface area contributed by atoms with Gasteiger partial charge in [-0.25, -0.2) is 9.78 Å². The Kier molecular flexibility index (Phi) is 5.19. The number of amides is 2. The molecule has 24 heavy (non-hydrogen) atoms. The third kappa shape index (κ3) is 3.45. The van der Waals surface area contributed by atoms with Gasteiger partial charge in [0.1, 0.15) is 11.9 Å². The van der Waals surface area contributed by atoms with Gasteiger partial charge in [-0.15, -0.1) is 0 Å². The summed E-state index contributed by atoms with van der Waals surface area (Å²) >= 11 is 0. The lowest BCUT2D eigenvalue weighted by Gasteiger charge is -2.40. The molecular weight excluding hydrogens is 302 g/mol. The van der Waals surface area contributed by atoms with Crippen LogP contribution in [0.5, 0.6) is 0 Å². The monoisotopic (exact) mass is 327 g/mol. The lowest BCUT2D eigenvalue weighted by molar-refractivity contribution is 0.143. The summed E-state index contributed by atoms with van der Waals surface area (Å²) in [6.45, 7) is 2.54. The number of nitriles is 1. The van der Waals surface area contributed by atoms with E-state index in [0.29, 0.717) is 11.5 Å². The van der Waals surface area contributed by atoms with E-state index in [1.54, 1.807) is 12.3 Å². The van der Waals surface area contributed by atoms with Crippen LogP contribution < -0.4 is 10.6 Å². The van der Waals surface area contributed by atoms with Gasteiger partial charge in [-0.2, -0.15) is 5.26 Å². The number of piperidine rings is 1. The molecule has 2 saturated heterocycles. The number of carbonyl (C=O) groups excluding carboxylic acids is 1. The summed E-state index contributed by atoms with van der Waals surface area (Å²) in [5.41, 5.74) is 6.25. The summed E-state index contributed by atoms with van der Waals surface area (Å²) in [5.74, 6) is 1.27. The van der Waals surface area contributed by atoms with Gasteiger partial charge < -0.3 is 15.5 Å². The fourth-order valence-corrected chi connectivity index (χ4v) is 4.13. The highest BCUT2D eigenvalue weighted by molar-refractivity contribution is 5.72. The molecule has 1 aromatic rings. The number of primary amides is 1. The van der Waals surface area contributed by atoms with Crippen molar-refractivity contribution in [3.05, 3.63) is 23.9 Å². The normalized spacial score (nSPS) is 22.7. The van der Waals surface area contributed by atoms with Crippen LogP contribution in [0.1, 0.15) is 44.1 Å². The predicted octanol–water partition coefficient (Wildman–Crippen LogP) is 2.49. The summed E-state index contributed by atoms with van der Waals surface area (Å²) in [6, 6.07) is 5.83. The van der Waals surface area contributed by atoms with Crippen molar-refractivity contribution in [3.8, 4) is 6.07 Å². The SMILES string of the molecule is N#Cc1cccnc1N1CCC([C@@H]2CCCCCN2C(N)=O)CC1. The van der Waals surface area contributed by atoms with E-state index in [2.05, 4.69) is 16.0 Å². The van der Waals surface area contributed by atoms with Crippen LogP contribution in [-0.4, -0.2) is 41.6 Å². The van der Waals surface area contributed by atoms with Gasteiger partial charge in [0.25, 0.3) is 0 Å². The molecule has 0 saturated carbocycles. The number of pyridine rings is 1. The smallest absolute Gasteiger partial charge is 0.315 e. The number of anilines is 1. The molecule has 6 nitrogen and oxygen atoms in total. The van der Waals surface area contributed by atoms with Gasteiger partial charge >= 0.3 is 6.03 Å². The van der Waals surface area contributed by atoms with Crippen molar-refractivity contribution in [2.75, 3.05) is 24.5 Å². The van der Waals surface area contributed by atoms with E-state index >= 15 is 0 Å². The molecule has 0 radical (unpaired) electrons. The molecule has 2 N–H and O–H groups in total. The van der Waals surface area contributed by atoms with Crippen LogP contribution in [0.3, 0.4) is 0 Å². The first kappa shape index (κ1) is 16.6. The Balaban J connectivity index is 1.68. The Hall–Kier alpha value is -2.29. The molecule has 0 aliphatic carbocycles. The highest BCUT2D eigenvalue weighted by atomic mass is 16.2. The molecule has 3 rings (SSSR count). The second kappa shape index (κ2) is 7.52. The molecule has 0 spiro atoms. The number of carbonyl (C=O) groups is 1. The molecule has 0 bridgehead atoms. The Morgan fingerprint density at radius 2 is 2.00 bits per heavy atom. The number of nitrogens with zero attached hydrogens (tertiary/aromatic N) is 4. The van der Waals surface area contributed by atoms with Crippen molar-refractivity contribution in [1.82, 2.24) is 9.88 Å². The second-order valence-electron chi connectivity index (χ2n) is 6.76. The minimum absolute atomic E-state index is 0.270. The maximum atomic E-state index is 11.8. The number of hydrogen-bond donors (Lipinski definition) is 1. The molecule has 0 aromatic carbocycles. The van der Waals surface area contributed by atoms with E-state index in [-0.39, 0.29) is 12.1 Å². The summed E-state index contributed by atoms with van der Waals surface area (Å²) in [5, 5.41) is 9.26. The highest BCUT2D eigenvalue weighted by Crippen LogP contribution is 2.31. The number of urea groups is 1. The molecule has 2 aliphatic heterocycles. The van der Waals surface area contributed by atoms with Crippen LogP contribution in [0.2, 0.25) is 0 Å². The molecule has 128 valence electrons. The Morgan fingerprint density at radius 1 is 1.21 bits per heavy atom. The molecule has 1 atom stereocenters. The summed E-state index contributed by atoms with van der Waals surface area (Å²) in [6.07, 6.45) is 8.22. The molecule has 6 heteroatoms. The average Bonchev–Trinajstić information content (AvgIpc) is 2.88. The van der Waals surface area contributed by atoms with Crippen LogP contribution in [0, 0.1) is 17.2 Å². The van der Waals surface area contributed by atoms with Crippen LogP contribution in [0.25, 0.3) is 0 Å². The first-order valence-corrected chi connectivity index (χ1v) is 8.87. The second-order valence-corrected chi connectivity index (χ2v) is 6.76. The molecule has 0 unspecified atom stereocenters. The average molecular weight is 327 g/mol. The summed E-state index contributed by atoms with van der Waals surface area (Å²) in [4.78, 5) is 20.3. The van der Waals surface area contributed by atoms with Gasteiger partial charge in [0, 0.05) is 31.9 Å². The number of aromatic nitrogens is 1. The largest absolute Gasteiger partial charge is 0.356 e. The van der Waals surface area contributed by atoms with Crippen molar-refractivity contribution < 1.29 is 4.79 Å².